The zero-order valence-corrected chi connectivity index (χ0v) is 20.1. The minimum absolute atomic E-state index is 0.131. The van der Waals surface area contributed by atoms with Gasteiger partial charge in [0.15, 0.2) is 0 Å². The average Bonchev–Trinajstić information content (AvgIpc) is 3.45. The standard InChI is InChI=1S/C24H19ClN4OS2/c1-14-20-13-21(32-24(20)29(26-14)18-7-5-4-6-8-18)23(30)28-16(3)22(15(2)27-28)31-19-11-9-17(25)10-12-19/h4-13H,1-3H3. The van der Waals surface area contributed by atoms with Gasteiger partial charge in [-0.25, -0.2) is 4.68 Å². The zero-order chi connectivity index (χ0) is 22.4. The van der Waals surface area contributed by atoms with Gasteiger partial charge in [-0.3, -0.25) is 4.79 Å². The zero-order valence-electron chi connectivity index (χ0n) is 17.7. The number of fused-ring (bicyclic) bond motifs is 1. The lowest BCUT2D eigenvalue weighted by Crippen LogP contribution is -2.14. The van der Waals surface area contributed by atoms with Crippen molar-refractivity contribution in [2.45, 2.75) is 30.6 Å². The summed E-state index contributed by atoms with van der Waals surface area (Å²) in [4.78, 5) is 17.0. The van der Waals surface area contributed by atoms with Gasteiger partial charge in [-0.05, 0) is 63.2 Å². The van der Waals surface area contributed by atoms with Crippen LogP contribution in [0.5, 0.6) is 0 Å². The average molecular weight is 479 g/mol. The van der Waals surface area contributed by atoms with Crippen LogP contribution in [0.15, 0.2) is 70.5 Å². The fourth-order valence-electron chi connectivity index (χ4n) is 3.60. The highest BCUT2D eigenvalue weighted by atomic mass is 35.5. The van der Waals surface area contributed by atoms with E-state index in [-0.39, 0.29) is 5.91 Å². The summed E-state index contributed by atoms with van der Waals surface area (Å²) >= 11 is 9.03. The van der Waals surface area contributed by atoms with Gasteiger partial charge < -0.3 is 0 Å². The molecule has 160 valence electrons. The fourth-order valence-corrected chi connectivity index (χ4v) is 5.76. The van der Waals surface area contributed by atoms with E-state index in [1.165, 1.54) is 16.0 Å². The third-order valence-corrected chi connectivity index (χ3v) is 7.86. The molecule has 3 aromatic heterocycles. The lowest BCUT2D eigenvalue weighted by molar-refractivity contribution is 0.0946. The Kier molecular flexibility index (Phi) is 5.41. The number of hydrogen-bond donors (Lipinski definition) is 0. The first-order chi connectivity index (χ1) is 15.4. The number of nitrogens with zero attached hydrogens (tertiary/aromatic N) is 4. The highest BCUT2D eigenvalue weighted by molar-refractivity contribution is 7.99. The topological polar surface area (TPSA) is 52.7 Å². The van der Waals surface area contributed by atoms with E-state index in [0.717, 1.165) is 42.8 Å². The number of carbonyl (C=O) groups is 1. The molecule has 0 unspecified atom stereocenters. The van der Waals surface area contributed by atoms with Crippen molar-refractivity contribution >= 4 is 50.8 Å². The highest BCUT2D eigenvalue weighted by Crippen LogP contribution is 2.35. The van der Waals surface area contributed by atoms with Gasteiger partial charge in [0.05, 0.1) is 32.5 Å². The lowest BCUT2D eigenvalue weighted by Gasteiger charge is -2.04. The van der Waals surface area contributed by atoms with Crippen molar-refractivity contribution in [3.63, 3.8) is 0 Å². The second-order valence-corrected chi connectivity index (χ2v) is 9.99. The summed E-state index contributed by atoms with van der Waals surface area (Å²) in [7, 11) is 0. The Morgan fingerprint density at radius 2 is 1.69 bits per heavy atom. The first-order valence-electron chi connectivity index (χ1n) is 10.0. The molecule has 5 nitrogen and oxygen atoms in total. The molecule has 0 spiro atoms. The van der Waals surface area contributed by atoms with Crippen molar-refractivity contribution in [3.05, 3.63) is 87.6 Å². The molecule has 0 saturated heterocycles. The van der Waals surface area contributed by atoms with Crippen molar-refractivity contribution in [1.82, 2.24) is 19.6 Å². The molecule has 0 N–H and O–H groups in total. The van der Waals surface area contributed by atoms with E-state index >= 15 is 0 Å². The number of thiophene rings is 1. The fraction of sp³-hybridized carbons (Fsp3) is 0.125. The summed E-state index contributed by atoms with van der Waals surface area (Å²) in [5, 5.41) is 10.9. The number of rotatable bonds is 4. The van der Waals surface area contributed by atoms with Gasteiger partial charge in [0, 0.05) is 15.3 Å². The van der Waals surface area contributed by atoms with Crippen LogP contribution in [0.1, 0.15) is 26.8 Å². The maximum atomic E-state index is 13.4. The molecule has 32 heavy (non-hydrogen) atoms. The monoisotopic (exact) mass is 478 g/mol. The minimum Gasteiger partial charge on any atom is -0.266 e. The van der Waals surface area contributed by atoms with Crippen LogP contribution in [-0.2, 0) is 0 Å². The Morgan fingerprint density at radius 1 is 0.969 bits per heavy atom. The molecule has 2 aromatic carbocycles. The molecule has 0 amide bonds. The van der Waals surface area contributed by atoms with Crippen LogP contribution in [-0.4, -0.2) is 25.5 Å². The van der Waals surface area contributed by atoms with E-state index in [2.05, 4.69) is 10.2 Å². The van der Waals surface area contributed by atoms with Gasteiger partial charge in [-0.2, -0.15) is 14.9 Å². The molecule has 0 aliphatic rings. The van der Waals surface area contributed by atoms with Gasteiger partial charge >= 0.3 is 0 Å². The number of hydrogen-bond acceptors (Lipinski definition) is 5. The molecule has 3 heterocycles. The van der Waals surface area contributed by atoms with Gasteiger partial charge in [0.2, 0.25) is 0 Å². The molecule has 0 saturated carbocycles. The number of para-hydroxylation sites is 1. The largest absolute Gasteiger partial charge is 0.288 e. The molecule has 0 atom stereocenters. The molecule has 0 radical (unpaired) electrons. The van der Waals surface area contributed by atoms with E-state index in [4.69, 9.17) is 11.6 Å². The predicted molar refractivity (Wildman–Crippen MR) is 131 cm³/mol. The highest BCUT2D eigenvalue weighted by Gasteiger charge is 2.22. The van der Waals surface area contributed by atoms with Gasteiger partial charge in [-0.15, -0.1) is 11.3 Å². The predicted octanol–water partition coefficient (Wildman–Crippen LogP) is 6.70. The van der Waals surface area contributed by atoms with Crippen molar-refractivity contribution in [2.75, 3.05) is 0 Å². The number of halogens is 1. The molecule has 5 rings (SSSR count). The molecular formula is C24H19ClN4OS2. The van der Waals surface area contributed by atoms with E-state index in [0.29, 0.717) is 9.90 Å². The SMILES string of the molecule is Cc1nn(C(=O)c2cc3c(C)nn(-c4ccccc4)c3s2)c(C)c1Sc1ccc(Cl)cc1. The number of aromatic nitrogens is 4. The second-order valence-electron chi connectivity index (χ2n) is 7.44. The molecular weight excluding hydrogens is 460 g/mol. The summed E-state index contributed by atoms with van der Waals surface area (Å²) < 4.78 is 3.41. The Bertz CT molecular complexity index is 1450. The third kappa shape index (κ3) is 3.66. The van der Waals surface area contributed by atoms with E-state index in [1.54, 1.807) is 11.8 Å². The first-order valence-corrected chi connectivity index (χ1v) is 12.0. The van der Waals surface area contributed by atoms with Gasteiger partial charge in [0.1, 0.15) is 4.83 Å². The normalized spacial score (nSPS) is 11.4. The quantitative estimate of drug-likeness (QED) is 0.288. The van der Waals surface area contributed by atoms with Crippen molar-refractivity contribution in [3.8, 4) is 5.69 Å². The molecule has 0 aliphatic heterocycles. The molecule has 5 aromatic rings. The van der Waals surface area contributed by atoms with Crippen molar-refractivity contribution in [2.24, 2.45) is 0 Å². The van der Waals surface area contributed by atoms with Crippen molar-refractivity contribution < 1.29 is 4.79 Å². The maximum Gasteiger partial charge on any atom is 0.288 e. The number of carbonyl (C=O) groups excluding carboxylic acids is 1. The molecule has 8 heteroatoms. The van der Waals surface area contributed by atoms with Crippen molar-refractivity contribution in [1.29, 1.82) is 0 Å². The maximum absolute atomic E-state index is 13.4. The van der Waals surface area contributed by atoms with Crippen LogP contribution in [0.4, 0.5) is 0 Å². The molecule has 0 fully saturated rings. The Labute approximate surface area is 198 Å². The smallest absolute Gasteiger partial charge is 0.266 e. The lowest BCUT2D eigenvalue weighted by atomic mass is 10.3. The summed E-state index contributed by atoms with van der Waals surface area (Å²) in [5.74, 6) is -0.131. The third-order valence-electron chi connectivity index (χ3n) is 5.21. The summed E-state index contributed by atoms with van der Waals surface area (Å²) in [6.07, 6.45) is 0. The Hall–Kier alpha value is -2.87. The summed E-state index contributed by atoms with van der Waals surface area (Å²) in [6.45, 7) is 5.82. The number of benzene rings is 2. The summed E-state index contributed by atoms with van der Waals surface area (Å²) in [6, 6.07) is 19.5. The minimum atomic E-state index is -0.131. The summed E-state index contributed by atoms with van der Waals surface area (Å²) in [5.41, 5.74) is 3.51. The number of aryl methyl sites for hydroxylation is 2. The molecule has 0 aliphatic carbocycles. The van der Waals surface area contributed by atoms with Crippen LogP contribution < -0.4 is 0 Å². The second kappa shape index (κ2) is 8.24. The van der Waals surface area contributed by atoms with Crippen LogP contribution in [0.2, 0.25) is 5.02 Å². The molecule has 0 bridgehead atoms. The van der Waals surface area contributed by atoms with Crippen LogP contribution in [0.3, 0.4) is 0 Å². The van der Waals surface area contributed by atoms with Crippen LogP contribution in [0.25, 0.3) is 15.9 Å². The van der Waals surface area contributed by atoms with Crippen LogP contribution in [0, 0.1) is 20.8 Å². The van der Waals surface area contributed by atoms with Crippen LogP contribution >= 0.6 is 34.7 Å². The van der Waals surface area contributed by atoms with E-state index in [9.17, 15) is 4.79 Å². The van der Waals surface area contributed by atoms with E-state index < -0.39 is 0 Å². The van der Waals surface area contributed by atoms with Gasteiger partial charge in [0.25, 0.3) is 5.91 Å². The first kappa shape index (κ1) is 21.0. The Balaban J connectivity index is 1.51. The Morgan fingerprint density at radius 3 is 2.41 bits per heavy atom. The van der Waals surface area contributed by atoms with Gasteiger partial charge in [-0.1, -0.05) is 41.6 Å². The van der Waals surface area contributed by atoms with E-state index in [1.807, 2.05) is 86.1 Å².